The average Bonchev–Trinajstić information content (AvgIpc) is 2.44. The molecule has 0 saturated heterocycles. The van der Waals surface area contributed by atoms with Crippen LogP contribution in [0.2, 0.25) is 0 Å². The predicted molar refractivity (Wildman–Crippen MR) is 71.3 cm³/mol. The second kappa shape index (κ2) is 6.54. The molecule has 0 aromatic heterocycles. The molecule has 2 rings (SSSR count). The molecular weight excluding hydrogens is 265 g/mol. The van der Waals surface area contributed by atoms with Crippen molar-refractivity contribution >= 4 is 0 Å². The molecule has 0 radical (unpaired) electrons. The molecule has 3 N–H and O–H groups in total. The summed E-state index contributed by atoms with van der Waals surface area (Å²) in [6.07, 6.45) is 1.01. The Kier molecular flexibility index (Phi) is 4.76. The van der Waals surface area contributed by atoms with Gasteiger partial charge in [-0.05, 0) is 48.2 Å². The van der Waals surface area contributed by atoms with Crippen molar-refractivity contribution in [2.45, 2.75) is 18.9 Å². The molecule has 20 heavy (non-hydrogen) atoms. The zero-order valence-electron chi connectivity index (χ0n) is 10.7. The topological polar surface area (TPSA) is 38.0 Å². The van der Waals surface area contributed by atoms with Crippen molar-refractivity contribution in [3.05, 3.63) is 71.0 Å². The Hall–Kier alpha value is -1.85. The summed E-state index contributed by atoms with van der Waals surface area (Å²) in [4.78, 5) is 0. The Bertz CT molecular complexity index is 570. The minimum atomic E-state index is -0.875. The molecular formula is C15H15F3N2. The Morgan fingerprint density at radius 3 is 2.05 bits per heavy atom. The van der Waals surface area contributed by atoms with Crippen LogP contribution in [0.3, 0.4) is 0 Å². The molecule has 0 saturated carbocycles. The Labute approximate surface area is 115 Å². The molecule has 0 aliphatic rings. The first kappa shape index (κ1) is 14.6. The molecule has 0 fully saturated rings. The SMILES string of the molecule is NNC(Cc1ccc(F)cc1)Cc1ccc(F)c(F)c1. The van der Waals surface area contributed by atoms with Gasteiger partial charge in [-0.1, -0.05) is 18.2 Å². The summed E-state index contributed by atoms with van der Waals surface area (Å²) >= 11 is 0. The van der Waals surface area contributed by atoms with Crippen LogP contribution < -0.4 is 11.3 Å². The van der Waals surface area contributed by atoms with E-state index in [1.807, 2.05) is 0 Å². The van der Waals surface area contributed by atoms with Gasteiger partial charge in [-0.2, -0.15) is 0 Å². The van der Waals surface area contributed by atoms with Gasteiger partial charge < -0.3 is 0 Å². The van der Waals surface area contributed by atoms with Gasteiger partial charge in [-0.15, -0.1) is 0 Å². The lowest BCUT2D eigenvalue weighted by Gasteiger charge is -2.16. The van der Waals surface area contributed by atoms with E-state index in [1.165, 1.54) is 18.2 Å². The fourth-order valence-corrected chi connectivity index (χ4v) is 2.05. The Morgan fingerprint density at radius 1 is 0.850 bits per heavy atom. The van der Waals surface area contributed by atoms with Crippen molar-refractivity contribution in [1.82, 2.24) is 5.43 Å². The number of hydrazine groups is 1. The number of rotatable bonds is 5. The molecule has 5 heteroatoms. The molecule has 2 aromatic rings. The van der Waals surface area contributed by atoms with E-state index >= 15 is 0 Å². The van der Waals surface area contributed by atoms with Crippen LogP contribution in [0, 0.1) is 17.5 Å². The lowest BCUT2D eigenvalue weighted by Crippen LogP contribution is -2.38. The fourth-order valence-electron chi connectivity index (χ4n) is 2.05. The first-order valence-electron chi connectivity index (χ1n) is 6.23. The maximum atomic E-state index is 13.1. The molecule has 0 bridgehead atoms. The van der Waals surface area contributed by atoms with Gasteiger partial charge in [-0.3, -0.25) is 11.3 Å². The van der Waals surface area contributed by atoms with Crippen molar-refractivity contribution in [3.63, 3.8) is 0 Å². The average molecular weight is 280 g/mol. The van der Waals surface area contributed by atoms with Gasteiger partial charge in [0.1, 0.15) is 5.82 Å². The molecule has 1 atom stereocenters. The molecule has 0 aliphatic heterocycles. The Balaban J connectivity index is 2.04. The maximum absolute atomic E-state index is 13.1. The highest BCUT2D eigenvalue weighted by atomic mass is 19.2. The third-order valence-corrected chi connectivity index (χ3v) is 3.10. The second-order valence-electron chi connectivity index (χ2n) is 4.65. The van der Waals surface area contributed by atoms with E-state index in [-0.39, 0.29) is 11.9 Å². The zero-order valence-corrected chi connectivity index (χ0v) is 10.7. The highest BCUT2D eigenvalue weighted by molar-refractivity contribution is 5.21. The summed E-state index contributed by atoms with van der Waals surface area (Å²) < 4.78 is 38.8. The highest BCUT2D eigenvalue weighted by Crippen LogP contribution is 2.13. The summed E-state index contributed by atoms with van der Waals surface area (Å²) in [6, 6.07) is 9.72. The van der Waals surface area contributed by atoms with E-state index < -0.39 is 11.6 Å². The highest BCUT2D eigenvalue weighted by Gasteiger charge is 2.11. The first-order valence-corrected chi connectivity index (χ1v) is 6.23. The molecule has 2 nitrogen and oxygen atoms in total. The summed E-state index contributed by atoms with van der Waals surface area (Å²) in [7, 11) is 0. The molecule has 0 spiro atoms. The smallest absolute Gasteiger partial charge is 0.159 e. The third-order valence-electron chi connectivity index (χ3n) is 3.10. The molecule has 2 aromatic carbocycles. The number of nitrogens with two attached hydrogens (primary N) is 1. The van der Waals surface area contributed by atoms with Crippen LogP contribution in [0.4, 0.5) is 13.2 Å². The van der Waals surface area contributed by atoms with Gasteiger partial charge >= 0.3 is 0 Å². The van der Waals surface area contributed by atoms with Gasteiger partial charge in [0.05, 0.1) is 0 Å². The summed E-state index contributed by atoms with van der Waals surface area (Å²) in [5.74, 6) is 3.43. The van der Waals surface area contributed by atoms with Crippen LogP contribution in [-0.4, -0.2) is 6.04 Å². The number of hydrogen-bond donors (Lipinski definition) is 2. The minimum Gasteiger partial charge on any atom is -0.271 e. The molecule has 0 heterocycles. The first-order chi connectivity index (χ1) is 9.58. The van der Waals surface area contributed by atoms with Crippen molar-refractivity contribution in [2.24, 2.45) is 5.84 Å². The largest absolute Gasteiger partial charge is 0.271 e. The van der Waals surface area contributed by atoms with Crippen LogP contribution >= 0.6 is 0 Å². The third kappa shape index (κ3) is 3.82. The predicted octanol–water partition coefficient (Wildman–Crippen LogP) is 2.72. The van der Waals surface area contributed by atoms with E-state index in [0.717, 1.165) is 17.7 Å². The van der Waals surface area contributed by atoms with E-state index in [9.17, 15) is 13.2 Å². The Morgan fingerprint density at radius 2 is 1.45 bits per heavy atom. The van der Waals surface area contributed by atoms with Crippen molar-refractivity contribution < 1.29 is 13.2 Å². The van der Waals surface area contributed by atoms with Gasteiger partial charge in [-0.25, -0.2) is 13.2 Å². The summed E-state index contributed by atoms with van der Waals surface area (Å²) in [5.41, 5.74) is 4.20. The molecule has 1 unspecified atom stereocenters. The maximum Gasteiger partial charge on any atom is 0.159 e. The summed E-state index contributed by atoms with van der Waals surface area (Å²) in [6.45, 7) is 0. The fraction of sp³-hybridized carbons (Fsp3) is 0.200. The van der Waals surface area contributed by atoms with Gasteiger partial charge in [0.2, 0.25) is 0 Å². The van der Waals surface area contributed by atoms with Crippen molar-refractivity contribution in [3.8, 4) is 0 Å². The van der Waals surface area contributed by atoms with Gasteiger partial charge in [0, 0.05) is 6.04 Å². The van der Waals surface area contributed by atoms with E-state index in [1.54, 1.807) is 12.1 Å². The van der Waals surface area contributed by atoms with E-state index in [4.69, 9.17) is 5.84 Å². The quantitative estimate of drug-likeness (QED) is 0.653. The van der Waals surface area contributed by atoms with Crippen LogP contribution in [-0.2, 0) is 12.8 Å². The van der Waals surface area contributed by atoms with Crippen molar-refractivity contribution in [1.29, 1.82) is 0 Å². The zero-order chi connectivity index (χ0) is 14.5. The molecule has 0 amide bonds. The van der Waals surface area contributed by atoms with Crippen LogP contribution in [0.25, 0.3) is 0 Å². The number of benzene rings is 2. The lowest BCUT2D eigenvalue weighted by molar-refractivity contribution is 0.498. The van der Waals surface area contributed by atoms with Gasteiger partial charge in [0.25, 0.3) is 0 Å². The van der Waals surface area contributed by atoms with Crippen LogP contribution in [0.15, 0.2) is 42.5 Å². The lowest BCUT2D eigenvalue weighted by atomic mass is 9.99. The second-order valence-corrected chi connectivity index (χ2v) is 4.65. The normalized spacial score (nSPS) is 12.4. The van der Waals surface area contributed by atoms with E-state index in [0.29, 0.717) is 18.4 Å². The minimum absolute atomic E-state index is 0.148. The van der Waals surface area contributed by atoms with Crippen LogP contribution in [0.1, 0.15) is 11.1 Å². The monoisotopic (exact) mass is 280 g/mol. The molecule has 0 aliphatic carbocycles. The van der Waals surface area contributed by atoms with Crippen molar-refractivity contribution in [2.75, 3.05) is 0 Å². The number of hydrogen-bond acceptors (Lipinski definition) is 2. The van der Waals surface area contributed by atoms with Crippen LogP contribution in [0.5, 0.6) is 0 Å². The van der Waals surface area contributed by atoms with Gasteiger partial charge in [0.15, 0.2) is 11.6 Å². The summed E-state index contributed by atoms with van der Waals surface area (Å²) in [5, 5.41) is 0. The number of halogens is 3. The standard InChI is InChI=1S/C15H15F3N2/c16-12-4-1-10(2-5-12)7-13(20-19)8-11-3-6-14(17)15(18)9-11/h1-6,9,13,20H,7-8,19H2. The van der Waals surface area contributed by atoms with E-state index in [2.05, 4.69) is 5.43 Å². The molecule has 106 valence electrons. The number of nitrogens with one attached hydrogen (secondary N) is 1.